The SMILES string of the molecule is Cc1cccc(CN2C(=O)S/C(=C\c3cn(Cc4ccccc4Cl)c4ccccc34)C2=O)c1. The highest BCUT2D eigenvalue weighted by molar-refractivity contribution is 8.18. The van der Waals surface area contributed by atoms with E-state index in [9.17, 15) is 9.59 Å². The van der Waals surface area contributed by atoms with Gasteiger partial charge in [-0.1, -0.05) is 77.8 Å². The van der Waals surface area contributed by atoms with E-state index in [1.807, 2.05) is 92.0 Å². The number of carbonyl (C=O) groups is 2. The predicted octanol–water partition coefficient (Wildman–Crippen LogP) is 6.89. The fourth-order valence-corrected chi connectivity index (χ4v) is 5.13. The summed E-state index contributed by atoms with van der Waals surface area (Å²) in [5, 5.41) is 1.50. The lowest BCUT2D eigenvalue weighted by Crippen LogP contribution is -2.27. The number of thioether (sulfide) groups is 1. The van der Waals surface area contributed by atoms with E-state index >= 15 is 0 Å². The molecule has 5 rings (SSSR count). The minimum Gasteiger partial charge on any atom is -0.342 e. The number of nitrogens with zero attached hydrogens (tertiary/aromatic N) is 2. The molecule has 0 unspecified atom stereocenters. The quantitative estimate of drug-likeness (QED) is 0.297. The molecule has 3 aromatic carbocycles. The van der Waals surface area contributed by atoms with Crippen molar-refractivity contribution in [3.63, 3.8) is 0 Å². The zero-order valence-corrected chi connectivity index (χ0v) is 19.6. The van der Waals surface area contributed by atoms with Crippen LogP contribution in [0.3, 0.4) is 0 Å². The zero-order chi connectivity index (χ0) is 22.9. The Morgan fingerprint density at radius 2 is 1.73 bits per heavy atom. The van der Waals surface area contributed by atoms with Gasteiger partial charge in [0.2, 0.25) is 0 Å². The number of aromatic nitrogens is 1. The normalized spacial score (nSPS) is 15.2. The van der Waals surface area contributed by atoms with Crippen molar-refractivity contribution in [2.24, 2.45) is 0 Å². The van der Waals surface area contributed by atoms with Gasteiger partial charge >= 0.3 is 0 Å². The third kappa shape index (κ3) is 4.34. The van der Waals surface area contributed by atoms with Crippen LogP contribution in [0, 0.1) is 6.92 Å². The average molecular weight is 473 g/mol. The summed E-state index contributed by atoms with van der Waals surface area (Å²) in [5.74, 6) is -0.255. The highest BCUT2D eigenvalue weighted by atomic mass is 35.5. The molecular formula is C27H21ClN2O2S. The Hall–Kier alpha value is -3.28. The molecule has 0 radical (unpaired) electrons. The molecule has 1 aromatic heterocycles. The number of hydrogen-bond acceptors (Lipinski definition) is 3. The second kappa shape index (κ2) is 8.93. The van der Waals surface area contributed by atoms with Crippen molar-refractivity contribution in [2.75, 3.05) is 0 Å². The van der Waals surface area contributed by atoms with Gasteiger partial charge in [0, 0.05) is 34.2 Å². The molecule has 164 valence electrons. The van der Waals surface area contributed by atoms with E-state index in [1.54, 1.807) is 0 Å². The fourth-order valence-electron chi connectivity index (χ4n) is 4.10. The zero-order valence-electron chi connectivity index (χ0n) is 18.0. The second-order valence-corrected chi connectivity index (χ2v) is 9.48. The molecule has 0 atom stereocenters. The highest BCUT2D eigenvalue weighted by Crippen LogP contribution is 2.35. The van der Waals surface area contributed by atoms with Crippen LogP contribution in [-0.4, -0.2) is 20.6 Å². The van der Waals surface area contributed by atoms with Gasteiger partial charge in [-0.05, 0) is 48.0 Å². The first-order valence-corrected chi connectivity index (χ1v) is 11.8. The van der Waals surface area contributed by atoms with Gasteiger partial charge in [0.05, 0.1) is 11.4 Å². The van der Waals surface area contributed by atoms with E-state index in [0.717, 1.165) is 44.9 Å². The number of amides is 2. The Kier molecular flexibility index (Phi) is 5.83. The Bertz CT molecular complexity index is 1420. The third-order valence-corrected chi connectivity index (χ3v) is 6.98. The number of imide groups is 1. The van der Waals surface area contributed by atoms with E-state index in [-0.39, 0.29) is 17.7 Å². The lowest BCUT2D eigenvalue weighted by molar-refractivity contribution is -0.123. The number of rotatable bonds is 5. The molecule has 1 fully saturated rings. The summed E-state index contributed by atoms with van der Waals surface area (Å²) in [6, 6.07) is 23.7. The summed E-state index contributed by atoms with van der Waals surface area (Å²) in [6.07, 6.45) is 3.84. The molecule has 6 heteroatoms. The van der Waals surface area contributed by atoms with Crippen molar-refractivity contribution in [3.05, 3.63) is 111 Å². The van der Waals surface area contributed by atoms with Gasteiger partial charge in [-0.25, -0.2) is 0 Å². The van der Waals surface area contributed by atoms with Crippen LogP contribution in [0.5, 0.6) is 0 Å². The van der Waals surface area contributed by atoms with Crippen LogP contribution in [-0.2, 0) is 17.9 Å². The van der Waals surface area contributed by atoms with Crippen LogP contribution in [0.25, 0.3) is 17.0 Å². The number of aryl methyl sites for hydroxylation is 1. The largest absolute Gasteiger partial charge is 0.342 e. The Balaban J connectivity index is 1.47. The highest BCUT2D eigenvalue weighted by Gasteiger charge is 2.35. The van der Waals surface area contributed by atoms with Gasteiger partial charge in [-0.15, -0.1) is 0 Å². The first-order chi connectivity index (χ1) is 16.0. The molecule has 0 saturated carbocycles. The summed E-state index contributed by atoms with van der Waals surface area (Å²) < 4.78 is 2.12. The molecule has 4 aromatic rings. The van der Waals surface area contributed by atoms with E-state index in [1.165, 1.54) is 4.90 Å². The van der Waals surface area contributed by atoms with Crippen LogP contribution in [0.1, 0.15) is 22.3 Å². The van der Waals surface area contributed by atoms with Gasteiger partial charge in [0.25, 0.3) is 11.1 Å². The van der Waals surface area contributed by atoms with Crippen molar-refractivity contribution in [2.45, 2.75) is 20.0 Å². The van der Waals surface area contributed by atoms with Gasteiger partial charge < -0.3 is 4.57 Å². The number of hydrogen-bond donors (Lipinski definition) is 0. The van der Waals surface area contributed by atoms with E-state index in [2.05, 4.69) is 4.57 Å². The summed E-state index contributed by atoms with van der Waals surface area (Å²) >= 11 is 7.37. The summed E-state index contributed by atoms with van der Waals surface area (Å²) in [7, 11) is 0. The molecule has 1 aliphatic rings. The summed E-state index contributed by atoms with van der Waals surface area (Å²) in [4.78, 5) is 27.5. The number of para-hydroxylation sites is 1. The van der Waals surface area contributed by atoms with Crippen LogP contribution in [0.2, 0.25) is 5.02 Å². The number of fused-ring (bicyclic) bond motifs is 1. The molecule has 2 amide bonds. The van der Waals surface area contributed by atoms with Crippen LogP contribution >= 0.6 is 23.4 Å². The molecule has 2 heterocycles. The second-order valence-electron chi connectivity index (χ2n) is 8.08. The topological polar surface area (TPSA) is 42.3 Å². The molecule has 0 spiro atoms. The van der Waals surface area contributed by atoms with E-state index < -0.39 is 0 Å². The molecule has 0 aliphatic carbocycles. The van der Waals surface area contributed by atoms with Crippen molar-refractivity contribution in [3.8, 4) is 0 Å². The lowest BCUT2D eigenvalue weighted by Gasteiger charge is -2.12. The molecule has 0 bridgehead atoms. The summed E-state index contributed by atoms with van der Waals surface area (Å²) in [6.45, 7) is 2.89. The maximum atomic E-state index is 13.1. The first kappa shape index (κ1) is 21.6. The first-order valence-electron chi connectivity index (χ1n) is 10.6. The minimum atomic E-state index is -0.255. The van der Waals surface area contributed by atoms with Crippen LogP contribution in [0.15, 0.2) is 83.9 Å². The maximum Gasteiger partial charge on any atom is 0.293 e. The third-order valence-electron chi connectivity index (χ3n) is 5.70. The molecule has 33 heavy (non-hydrogen) atoms. The van der Waals surface area contributed by atoms with Crippen molar-refractivity contribution in [1.82, 2.24) is 9.47 Å². The molecule has 4 nitrogen and oxygen atoms in total. The molecular weight excluding hydrogens is 452 g/mol. The Morgan fingerprint density at radius 3 is 2.55 bits per heavy atom. The van der Waals surface area contributed by atoms with Gasteiger partial charge in [0.1, 0.15) is 0 Å². The number of halogens is 1. The molecule has 1 aliphatic heterocycles. The average Bonchev–Trinajstić information content (AvgIpc) is 3.28. The van der Waals surface area contributed by atoms with E-state index in [4.69, 9.17) is 11.6 Å². The van der Waals surface area contributed by atoms with E-state index in [0.29, 0.717) is 16.5 Å². The van der Waals surface area contributed by atoms with Crippen molar-refractivity contribution in [1.29, 1.82) is 0 Å². The number of carbonyl (C=O) groups excluding carboxylic acids is 2. The predicted molar refractivity (Wildman–Crippen MR) is 135 cm³/mol. The Labute approximate surface area is 201 Å². The fraction of sp³-hybridized carbons (Fsp3) is 0.111. The minimum absolute atomic E-state index is 0.243. The number of benzene rings is 3. The smallest absolute Gasteiger partial charge is 0.293 e. The lowest BCUT2D eigenvalue weighted by atomic mass is 10.1. The van der Waals surface area contributed by atoms with Gasteiger partial charge in [-0.3, -0.25) is 14.5 Å². The monoisotopic (exact) mass is 472 g/mol. The van der Waals surface area contributed by atoms with Crippen molar-refractivity contribution >= 4 is 51.5 Å². The maximum absolute atomic E-state index is 13.1. The standard InChI is InChI=1S/C27H21ClN2O2S/c1-18-7-6-8-19(13-18)15-30-26(31)25(33-27(30)32)14-21-17-29(24-12-5-3-10-22(21)24)16-20-9-2-4-11-23(20)28/h2-14,17H,15-16H2,1H3/b25-14-. The van der Waals surface area contributed by atoms with Crippen LogP contribution < -0.4 is 0 Å². The molecule has 1 saturated heterocycles. The Morgan fingerprint density at radius 1 is 0.939 bits per heavy atom. The van der Waals surface area contributed by atoms with Crippen LogP contribution in [0.4, 0.5) is 4.79 Å². The van der Waals surface area contributed by atoms with Gasteiger partial charge in [0.15, 0.2) is 0 Å². The van der Waals surface area contributed by atoms with Gasteiger partial charge in [-0.2, -0.15) is 0 Å². The molecule has 0 N–H and O–H groups in total. The van der Waals surface area contributed by atoms with Crippen molar-refractivity contribution < 1.29 is 9.59 Å². The summed E-state index contributed by atoms with van der Waals surface area (Å²) in [5.41, 5.74) is 5.00.